The van der Waals surface area contributed by atoms with Gasteiger partial charge in [0, 0.05) is 25.8 Å². The molecule has 1 aliphatic heterocycles. The van der Waals surface area contributed by atoms with Crippen LogP contribution in [0.25, 0.3) is 5.57 Å². The maximum Gasteiger partial charge on any atom is 0.282 e. The van der Waals surface area contributed by atoms with Crippen LogP contribution in [0.15, 0.2) is 72.4 Å². The smallest absolute Gasteiger partial charge is 0.282 e. The molecule has 0 atom stereocenters. The minimum absolute atomic E-state index is 0.0541. The molecule has 0 aliphatic carbocycles. The fourth-order valence-electron chi connectivity index (χ4n) is 3.72. The van der Waals surface area contributed by atoms with E-state index in [2.05, 4.69) is 5.32 Å². The maximum atomic E-state index is 13.6. The van der Waals surface area contributed by atoms with Crippen LogP contribution < -0.4 is 24.6 Å². The van der Waals surface area contributed by atoms with Crippen molar-refractivity contribution in [3.63, 3.8) is 0 Å². The second kappa shape index (κ2) is 9.27. The number of benzene rings is 3. The van der Waals surface area contributed by atoms with E-state index in [9.17, 15) is 14.0 Å². The van der Waals surface area contributed by atoms with Gasteiger partial charge in [0.05, 0.1) is 31.2 Å². The van der Waals surface area contributed by atoms with E-state index in [-0.39, 0.29) is 11.3 Å². The Morgan fingerprint density at radius 1 is 0.882 bits per heavy atom. The first kappa shape index (κ1) is 22.8. The summed E-state index contributed by atoms with van der Waals surface area (Å²) in [6.45, 7) is 0. The molecule has 0 radical (unpaired) electrons. The summed E-state index contributed by atoms with van der Waals surface area (Å²) in [7, 11) is 6.77. The number of anilines is 3. The van der Waals surface area contributed by atoms with Crippen LogP contribution in [0.2, 0.25) is 0 Å². The number of hydrogen-bond acceptors (Lipinski definition) is 6. The Kier molecular flexibility index (Phi) is 6.23. The zero-order valence-corrected chi connectivity index (χ0v) is 19.3. The molecule has 3 aromatic carbocycles. The summed E-state index contributed by atoms with van der Waals surface area (Å²) in [5.41, 5.74) is 2.30. The predicted octanol–water partition coefficient (Wildman–Crippen LogP) is 4.31. The van der Waals surface area contributed by atoms with Crippen molar-refractivity contribution in [2.75, 3.05) is 43.4 Å². The summed E-state index contributed by atoms with van der Waals surface area (Å²) in [5.74, 6) is -0.498. The summed E-state index contributed by atoms with van der Waals surface area (Å²) in [5, 5.41) is 3.07. The number of rotatable bonds is 7. The van der Waals surface area contributed by atoms with Gasteiger partial charge in [0.15, 0.2) is 0 Å². The van der Waals surface area contributed by atoms with Crippen LogP contribution >= 0.6 is 0 Å². The average Bonchev–Trinajstić information content (AvgIpc) is 3.08. The lowest BCUT2D eigenvalue weighted by Crippen LogP contribution is -2.32. The molecule has 2 amide bonds. The molecular formula is C26H24FN3O4. The van der Waals surface area contributed by atoms with Gasteiger partial charge >= 0.3 is 0 Å². The largest absolute Gasteiger partial charge is 0.497 e. The molecule has 8 heteroatoms. The van der Waals surface area contributed by atoms with Gasteiger partial charge in [-0.1, -0.05) is 18.2 Å². The third-order valence-electron chi connectivity index (χ3n) is 5.49. The monoisotopic (exact) mass is 461 g/mol. The molecule has 1 heterocycles. The van der Waals surface area contributed by atoms with E-state index < -0.39 is 17.6 Å². The fraction of sp³-hybridized carbons (Fsp3) is 0.154. The second-order valence-corrected chi connectivity index (χ2v) is 7.81. The third-order valence-corrected chi connectivity index (χ3v) is 5.49. The van der Waals surface area contributed by atoms with Gasteiger partial charge in [-0.3, -0.25) is 9.59 Å². The van der Waals surface area contributed by atoms with Crippen LogP contribution in [0.5, 0.6) is 11.5 Å². The Labute approximate surface area is 197 Å². The van der Waals surface area contributed by atoms with Crippen molar-refractivity contribution >= 4 is 34.4 Å². The van der Waals surface area contributed by atoms with Crippen molar-refractivity contribution in [1.82, 2.24) is 0 Å². The minimum Gasteiger partial charge on any atom is -0.497 e. The highest BCUT2D eigenvalue weighted by Gasteiger charge is 2.40. The molecule has 0 spiro atoms. The highest BCUT2D eigenvalue weighted by Crippen LogP contribution is 2.37. The zero-order chi connectivity index (χ0) is 24.4. The van der Waals surface area contributed by atoms with E-state index in [1.54, 1.807) is 36.4 Å². The first-order valence-electron chi connectivity index (χ1n) is 10.5. The Hall–Kier alpha value is -4.33. The SMILES string of the molecule is COc1ccc(OC)c(NC2=C(c3ccc(F)cc3)C(=O)N(c3cccc(N(C)C)c3)C2=O)c1. The topological polar surface area (TPSA) is 71.1 Å². The van der Waals surface area contributed by atoms with E-state index in [0.29, 0.717) is 28.4 Å². The molecule has 0 unspecified atom stereocenters. The summed E-state index contributed by atoms with van der Waals surface area (Å²) in [4.78, 5) is 30.2. The number of nitrogens with one attached hydrogen (secondary N) is 1. The highest BCUT2D eigenvalue weighted by molar-refractivity contribution is 6.46. The van der Waals surface area contributed by atoms with E-state index in [4.69, 9.17) is 9.47 Å². The lowest BCUT2D eigenvalue weighted by atomic mass is 10.0. The number of ether oxygens (including phenoxy) is 2. The predicted molar refractivity (Wildman–Crippen MR) is 130 cm³/mol. The molecular weight excluding hydrogens is 437 g/mol. The van der Waals surface area contributed by atoms with Gasteiger partial charge in [-0.15, -0.1) is 0 Å². The van der Waals surface area contributed by atoms with Crippen molar-refractivity contribution in [3.8, 4) is 11.5 Å². The van der Waals surface area contributed by atoms with Crippen LogP contribution in [0.3, 0.4) is 0 Å². The van der Waals surface area contributed by atoms with E-state index in [1.807, 2.05) is 25.1 Å². The molecule has 174 valence electrons. The molecule has 4 rings (SSSR count). The summed E-state index contributed by atoms with van der Waals surface area (Å²) in [6.07, 6.45) is 0. The third kappa shape index (κ3) is 4.17. The van der Waals surface area contributed by atoms with Crippen LogP contribution in [0, 0.1) is 5.82 Å². The molecule has 0 bridgehead atoms. The van der Waals surface area contributed by atoms with E-state index in [1.165, 1.54) is 38.5 Å². The standard InChI is InChI=1S/C26H24FN3O4/c1-29(2)18-6-5-7-19(14-18)30-25(31)23(16-8-10-17(27)11-9-16)24(26(30)32)28-21-15-20(33-3)12-13-22(21)34-4/h5-15,28H,1-4H3. The van der Waals surface area contributed by atoms with Crippen LogP contribution in [0.4, 0.5) is 21.5 Å². The van der Waals surface area contributed by atoms with Gasteiger partial charge in [-0.2, -0.15) is 0 Å². The van der Waals surface area contributed by atoms with Gasteiger partial charge < -0.3 is 19.7 Å². The molecule has 1 N–H and O–H groups in total. The van der Waals surface area contributed by atoms with Crippen molar-refractivity contribution in [2.24, 2.45) is 0 Å². The average molecular weight is 461 g/mol. The first-order valence-corrected chi connectivity index (χ1v) is 10.5. The molecule has 3 aromatic rings. The van der Waals surface area contributed by atoms with Crippen molar-refractivity contribution in [3.05, 3.63) is 83.8 Å². The summed E-state index contributed by atoms with van der Waals surface area (Å²) >= 11 is 0. The van der Waals surface area contributed by atoms with Gasteiger partial charge in [-0.25, -0.2) is 9.29 Å². The van der Waals surface area contributed by atoms with Gasteiger partial charge in [0.25, 0.3) is 11.8 Å². The molecule has 0 fully saturated rings. The van der Waals surface area contributed by atoms with Gasteiger partial charge in [0.1, 0.15) is 23.0 Å². The number of carbonyl (C=O) groups excluding carboxylic acids is 2. The molecule has 0 aromatic heterocycles. The highest BCUT2D eigenvalue weighted by atomic mass is 19.1. The Balaban J connectivity index is 1.85. The minimum atomic E-state index is -0.537. The molecule has 1 aliphatic rings. The second-order valence-electron chi connectivity index (χ2n) is 7.81. The Morgan fingerprint density at radius 2 is 1.62 bits per heavy atom. The number of halogens is 1. The quantitative estimate of drug-likeness (QED) is 0.529. The van der Waals surface area contributed by atoms with Crippen LogP contribution in [-0.2, 0) is 9.59 Å². The zero-order valence-electron chi connectivity index (χ0n) is 19.3. The van der Waals surface area contributed by atoms with E-state index >= 15 is 0 Å². The molecule has 0 saturated carbocycles. The van der Waals surface area contributed by atoms with Crippen LogP contribution in [-0.4, -0.2) is 40.1 Å². The Bertz CT molecular complexity index is 1290. The lowest BCUT2D eigenvalue weighted by molar-refractivity contribution is -0.120. The van der Waals surface area contributed by atoms with Gasteiger partial charge in [-0.05, 0) is 48.0 Å². The number of amides is 2. The normalized spacial score (nSPS) is 13.4. The number of hydrogen-bond donors (Lipinski definition) is 1. The molecule has 0 saturated heterocycles. The van der Waals surface area contributed by atoms with Crippen LogP contribution in [0.1, 0.15) is 5.56 Å². The molecule has 34 heavy (non-hydrogen) atoms. The number of carbonyl (C=O) groups is 2. The maximum absolute atomic E-state index is 13.6. The Morgan fingerprint density at radius 3 is 2.26 bits per heavy atom. The van der Waals surface area contributed by atoms with E-state index in [0.717, 1.165) is 10.6 Å². The lowest BCUT2D eigenvalue weighted by Gasteiger charge is -2.19. The summed E-state index contributed by atoms with van der Waals surface area (Å²) < 4.78 is 24.3. The first-order chi connectivity index (χ1) is 16.3. The fourth-order valence-corrected chi connectivity index (χ4v) is 3.72. The van der Waals surface area contributed by atoms with Crippen molar-refractivity contribution < 1.29 is 23.5 Å². The number of methoxy groups -OCH3 is 2. The van der Waals surface area contributed by atoms with Gasteiger partial charge in [0.2, 0.25) is 0 Å². The van der Waals surface area contributed by atoms with Crippen molar-refractivity contribution in [1.29, 1.82) is 0 Å². The summed E-state index contributed by atoms with van der Waals surface area (Å²) in [6, 6.07) is 17.6. The molecule has 7 nitrogen and oxygen atoms in total. The number of imide groups is 1. The number of nitrogens with zero attached hydrogens (tertiary/aromatic N) is 2. The van der Waals surface area contributed by atoms with Crippen molar-refractivity contribution in [2.45, 2.75) is 0 Å².